The van der Waals surface area contributed by atoms with E-state index in [0.717, 1.165) is 11.3 Å². The Hall–Kier alpha value is -1.59. The number of ether oxygens (including phenoxy) is 1. The maximum atomic E-state index is 12.2. The van der Waals surface area contributed by atoms with E-state index in [4.69, 9.17) is 4.74 Å². The average molecular weight is 294 g/mol. The monoisotopic (exact) mass is 294 g/mol. The smallest absolute Gasteiger partial charge is 0.322 e. The van der Waals surface area contributed by atoms with Gasteiger partial charge in [0.25, 0.3) is 0 Å². The minimum atomic E-state index is -0.549. The Morgan fingerprint density at radius 3 is 2.38 bits per heavy atom. The second kappa shape index (κ2) is 8.64. The molecular weight excluding hydrogens is 268 g/mol. The van der Waals surface area contributed by atoms with Crippen molar-refractivity contribution in [1.29, 1.82) is 0 Å². The van der Waals surface area contributed by atoms with E-state index in [0.29, 0.717) is 19.8 Å². The van der Waals surface area contributed by atoms with Crippen molar-refractivity contribution in [3.63, 3.8) is 0 Å². The molecule has 1 aromatic rings. The highest BCUT2D eigenvalue weighted by molar-refractivity contribution is 5.89. The van der Waals surface area contributed by atoms with E-state index in [2.05, 4.69) is 5.32 Å². The van der Waals surface area contributed by atoms with Gasteiger partial charge in [0.05, 0.1) is 12.7 Å². The molecule has 0 aromatic heterocycles. The Labute approximate surface area is 126 Å². The summed E-state index contributed by atoms with van der Waals surface area (Å²) in [5.41, 5.74) is 1.80. The van der Waals surface area contributed by atoms with Crippen LogP contribution in [-0.2, 0) is 11.3 Å². The zero-order chi connectivity index (χ0) is 15.8. The summed E-state index contributed by atoms with van der Waals surface area (Å²) in [5, 5.41) is 12.3. The van der Waals surface area contributed by atoms with E-state index in [9.17, 15) is 9.90 Å². The van der Waals surface area contributed by atoms with Crippen LogP contribution in [-0.4, -0.2) is 41.3 Å². The Balaban J connectivity index is 2.63. The Morgan fingerprint density at radius 1 is 1.29 bits per heavy atom. The molecule has 0 aliphatic heterocycles. The molecule has 0 aliphatic rings. The van der Waals surface area contributed by atoms with Gasteiger partial charge >= 0.3 is 6.03 Å². The molecule has 0 saturated carbocycles. The first-order valence-corrected chi connectivity index (χ1v) is 7.36. The number of urea groups is 1. The van der Waals surface area contributed by atoms with Gasteiger partial charge in [0.15, 0.2) is 0 Å². The minimum Gasteiger partial charge on any atom is -0.392 e. The minimum absolute atomic E-state index is 0.0248. The van der Waals surface area contributed by atoms with Crippen molar-refractivity contribution in [2.24, 2.45) is 0 Å². The topological polar surface area (TPSA) is 61.8 Å². The van der Waals surface area contributed by atoms with Crippen molar-refractivity contribution in [2.45, 2.75) is 46.4 Å². The lowest BCUT2D eigenvalue weighted by Gasteiger charge is -2.28. The summed E-state index contributed by atoms with van der Waals surface area (Å²) in [4.78, 5) is 13.8. The number of aliphatic hydroxyl groups is 1. The third-order valence-corrected chi connectivity index (χ3v) is 3.02. The summed E-state index contributed by atoms with van der Waals surface area (Å²) >= 11 is 0. The molecule has 118 valence electrons. The van der Waals surface area contributed by atoms with Gasteiger partial charge in [-0.2, -0.15) is 0 Å². The number of benzene rings is 1. The van der Waals surface area contributed by atoms with E-state index in [1.165, 1.54) is 0 Å². The molecule has 1 unspecified atom stereocenters. The molecule has 1 atom stereocenters. The first-order valence-electron chi connectivity index (χ1n) is 7.36. The number of nitrogens with one attached hydrogen (secondary N) is 1. The lowest BCUT2D eigenvalue weighted by atomic mass is 10.2. The molecule has 0 radical (unpaired) electrons. The summed E-state index contributed by atoms with van der Waals surface area (Å²) < 4.78 is 5.33. The van der Waals surface area contributed by atoms with Crippen molar-refractivity contribution in [1.82, 2.24) is 4.90 Å². The van der Waals surface area contributed by atoms with Gasteiger partial charge in [-0.3, -0.25) is 0 Å². The van der Waals surface area contributed by atoms with Gasteiger partial charge in [-0.15, -0.1) is 0 Å². The highest BCUT2D eigenvalue weighted by Gasteiger charge is 2.18. The van der Waals surface area contributed by atoms with Crippen molar-refractivity contribution >= 4 is 11.7 Å². The third-order valence-electron chi connectivity index (χ3n) is 3.02. The number of carbonyl (C=O) groups excluding carboxylic acids is 1. The molecule has 5 heteroatoms. The first kappa shape index (κ1) is 17.5. The molecule has 2 amide bonds. The third kappa shape index (κ3) is 6.14. The lowest BCUT2D eigenvalue weighted by molar-refractivity contribution is 0.125. The molecule has 2 N–H and O–H groups in total. The number of rotatable bonds is 7. The zero-order valence-electron chi connectivity index (χ0n) is 13.3. The standard InChI is InChI=1S/C16H26N2O3/c1-5-21-11-14-6-8-15(9-7-14)17-16(20)18(12(2)3)10-13(4)19/h6-9,12-13,19H,5,10-11H2,1-4H3,(H,17,20). The van der Waals surface area contributed by atoms with Crippen LogP contribution in [0.5, 0.6) is 0 Å². The molecule has 21 heavy (non-hydrogen) atoms. The fourth-order valence-electron chi connectivity index (χ4n) is 1.91. The quantitative estimate of drug-likeness (QED) is 0.813. The summed E-state index contributed by atoms with van der Waals surface area (Å²) in [6, 6.07) is 7.39. The normalized spacial score (nSPS) is 12.3. The second-order valence-corrected chi connectivity index (χ2v) is 5.36. The van der Waals surface area contributed by atoms with Crippen LogP contribution in [0.25, 0.3) is 0 Å². The molecule has 1 aromatic carbocycles. The molecule has 0 bridgehead atoms. The van der Waals surface area contributed by atoms with Crippen LogP contribution in [0.4, 0.5) is 10.5 Å². The van der Waals surface area contributed by atoms with Crippen LogP contribution in [0.3, 0.4) is 0 Å². The van der Waals surface area contributed by atoms with E-state index >= 15 is 0 Å². The highest BCUT2D eigenvalue weighted by Crippen LogP contribution is 2.12. The number of carbonyl (C=O) groups is 1. The van der Waals surface area contributed by atoms with Crippen LogP contribution < -0.4 is 5.32 Å². The number of anilines is 1. The Kier molecular flexibility index (Phi) is 7.19. The zero-order valence-corrected chi connectivity index (χ0v) is 13.3. The molecular formula is C16H26N2O3. The predicted octanol–water partition coefficient (Wildman–Crippen LogP) is 2.85. The van der Waals surface area contributed by atoms with E-state index < -0.39 is 6.10 Å². The Morgan fingerprint density at radius 2 is 1.90 bits per heavy atom. The number of aliphatic hydroxyl groups excluding tert-OH is 1. The summed E-state index contributed by atoms with van der Waals surface area (Å²) in [6.45, 7) is 9.04. The largest absolute Gasteiger partial charge is 0.392 e. The van der Waals surface area contributed by atoms with Gasteiger partial charge in [0.2, 0.25) is 0 Å². The van der Waals surface area contributed by atoms with Crippen LogP contribution in [0, 0.1) is 0 Å². The molecule has 5 nitrogen and oxygen atoms in total. The second-order valence-electron chi connectivity index (χ2n) is 5.36. The van der Waals surface area contributed by atoms with Crippen molar-refractivity contribution in [3.05, 3.63) is 29.8 Å². The molecule has 0 heterocycles. The lowest BCUT2D eigenvalue weighted by Crippen LogP contribution is -2.43. The maximum absolute atomic E-state index is 12.2. The number of nitrogens with zero attached hydrogens (tertiary/aromatic N) is 1. The molecule has 1 rings (SSSR count). The van der Waals surface area contributed by atoms with E-state index in [1.54, 1.807) is 11.8 Å². The molecule has 0 spiro atoms. The number of hydrogen-bond acceptors (Lipinski definition) is 3. The van der Waals surface area contributed by atoms with Crippen molar-refractivity contribution < 1.29 is 14.6 Å². The van der Waals surface area contributed by atoms with Crippen LogP contribution >= 0.6 is 0 Å². The fraction of sp³-hybridized carbons (Fsp3) is 0.562. The molecule has 0 saturated heterocycles. The summed E-state index contributed by atoms with van der Waals surface area (Å²) in [5.74, 6) is 0. The predicted molar refractivity (Wildman–Crippen MR) is 84.3 cm³/mol. The fourth-order valence-corrected chi connectivity index (χ4v) is 1.91. The van der Waals surface area contributed by atoms with Crippen molar-refractivity contribution in [3.8, 4) is 0 Å². The van der Waals surface area contributed by atoms with Crippen LogP contribution in [0.1, 0.15) is 33.3 Å². The van der Waals surface area contributed by atoms with Gasteiger partial charge in [0.1, 0.15) is 0 Å². The highest BCUT2D eigenvalue weighted by atomic mass is 16.5. The van der Waals surface area contributed by atoms with Crippen LogP contribution in [0.15, 0.2) is 24.3 Å². The van der Waals surface area contributed by atoms with E-state index in [1.807, 2.05) is 45.0 Å². The van der Waals surface area contributed by atoms with Crippen LogP contribution in [0.2, 0.25) is 0 Å². The number of hydrogen-bond donors (Lipinski definition) is 2. The van der Waals surface area contributed by atoms with Gasteiger partial charge in [-0.05, 0) is 45.4 Å². The van der Waals surface area contributed by atoms with Gasteiger partial charge in [0, 0.05) is 24.9 Å². The summed E-state index contributed by atoms with van der Waals surface area (Å²) in [6.07, 6.45) is -0.549. The number of amides is 2. The Bertz CT molecular complexity index is 430. The van der Waals surface area contributed by atoms with Gasteiger partial charge < -0.3 is 20.1 Å². The van der Waals surface area contributed by atoms with Gasteiger partial charge in [-0.1, -0.05) is 12.1 Å². The molecule has 0 aliphatic carbocycles. The first-order chi connectivity index (χ1) is 9.93. The van der Waals surface area contributed by atoms with E-state index in [-0.39, 0.29) is 12.1 Å². The average Bonchev–Trinajstić information content (AvgIpc) is 2.43. The maximum Gasteiger partial charge on any atom is 0.322 e. The summed E-state index contributed by atoms with van der Waals surface area (Å²) in [7, 11) is 0. The SMILES string of the molecule is CCOCc1ccc(NC(=O)N(CC(C)O)C(C)C)cc1. The van der Waals surface area contributed by atoms with Crippen molar-refractivity contribution in [2.75, 3.05) is 18.5 Å². The van der Waals surface area contributed by atoms with Gasteiger partial charge in [-0.25, -0.2) is 4.79 Å². The molecule has 0 fully saturated rings.